The molecular weight excluding hydrogens is 896 g/mol. The molecule has 4 aromatic carbocycles. The molecule has 0 spiro atoms. The zero-order valence-electron chi connectivity index (χ0n) is 28.1. The Morgan fingerprint density at radius 1 is 0.520 bits per heavy atom. The van der Waals surface area contributed by atoms with Gasteiger partial charge in [-0.05, 0) is 96.9 Å². The van der Waals surface area contributed by atoms with Crippen molar-refractivity contribution in [3.8, 4) is 22.3 Å². The Hall–Kier alpha value is -3.05. The predicted octanol–water partition coefficient (Wildman–Crippen LogP) is 11.0. The Labute approximate surface area is 325 Å². The molecule has 0 heterocycles. The van der Waals surface area contributed by atoms with Crippen LogP contribution in [0.5, 0.6) is 0 Å². The number of rotatable bonds is 8. The molecule has 2 aliphatic carbocycles. The average Bonchev–Trinajstić information content (AvgIpc) is 3.82. The molecule has 2 aliphatic rings. The number of hydrogen-bond donors (Lipinski definition) is 1. The van der Waals surface area contributed by atoms with E-state index in [4.69, 9.17) is 9.90 Å². The number of benzene rings is 4. The number of carboxylic acids is 1. The van der Waals surface area contributed by atoms with Crippen LogP contribution in [0.1, 0.15) is 97.3 Å². The fourth-order valence-corrected chi connectivity index (χ4v) is 7.04. The van der Waals surface area contributed by atoms with E-state index in [0.29, 0.717) is 16.2 Å². The lowest BCUT2D eigenvalue weighted by molar-refractivity contribution is -0.134. The second-order valence-corrected chi connectivity index (χ2v) is 13.0. The van der Waals surface area contributed by atoms with Crippen LogP contribution >= 0.6 is 60.1 Å². The highest BCUT2D eigenvalue weighted by atomic mass is 80.9. The smallest absolute Gasteiger partial charge is 0.300 e. The SMILES string of the molecule is BrBr.CC(=O)O.CC(=O)c1ccc(-c2ccc(C(C)=O)c3c2CCC3)cc1.O=C(CBr)c1ccc(-c2ccc(C(=O)CBr)c3c2CCC3)cc1. The first-order valence-electron chi connectivity index (χ1n) is 16.0. The van der Waals surface area contributed by atoms with E-state index in [1.807, 2.05) is 72.8 Å². The third-order valence-corrected chi connectivity index (χ3v) is 9.63. The summed E-state index contributed by atoms with van der Waals surface area (Å²) in [6, 6.07) is 23.5. The van der Waals surface area contributed by atoms with Crippen molar-refractivity contribution < 1.29 is 29.1 Å². The summed E-state index contributed by atoms with van der Waals surface area (Å²) < 4.78 is 0. The molecule has 1 N–H and O–H groups in total. The summed E-state index contributed by atoms with van der Waals surface area (Å²) in [4.78, 5) is 55.9. The highest BCUT2D eigenvalue weighted by Gasteiger charge is 2.23. The third-order valence-electron chi connectivity index (χ3n) is 8.61. The lowest BCUT2D eigenvalue weighted by Crippen LogP contribution is -2.05. The van der Waals surface area contributed by atoms with Crippen molar-refractivity contribution in [3.63, 3.8) is 0 Å². The number of carboxylic acid groups (broad SMARTS) is 1. The molecule has 0 aromatic heterocycles. The Morgan fingerprint density at radius 2 is 0.900 bits per heavy atom. The Morgan fingerprint density at radius 3 is 1.30 bits per heavy atom. The Bertz CT molecular complexity index is 1860. The summed E-state index contributed by atoms with van der Waals surface area (Å²) in [6.45, 7) is 4.30. The summed E-state index contributed by atoms with van der Waals surface area (Å²) in [5, 5.41) is 8.12. The van der Waals surface area contributed by atoms with Gasteiger partial charge in [0.1, 0.15) is 0 Å². The summed E-state index contributed by atoms with van der Waals surface area (Å²) >= 11 is 12.0. The van der Waals surface area contributed by atoms with E-state index in [1.165, 1.54) is 33.4 Å². The number of ketones is 4. The molecule has 0 bridgehead atoms. The molecular formula is C40H38Br4O6. The molecule has 0 saturated carbocycles. The molecule has 50 heavy (non-hydrogen) atoms. The van der Waals surface area contributed by atoms with E-state index in [0.717, 1.165) is 73.3 Å². The van der Waals surface area contributed by atoms with Crippen LogP contribution in [0.2, 0.25) is 0 Å². The fourth-order valence-electron chi connectivity index (χ4n) is 6.41. The van der Waals surface area contributed by atoms with Gasteiger partial charge < -0.3 is 5.11 Å². The fraction of sp³-hybridized carbons (Fsp3) is 0.275. The van der Waals surface area contributed by atoms with Gasteiger partial charge in [-0.1, -0.05) is 105 Å². The summed E-state index contributed by atoms with van der Waals surface area (Å²) in [6.07, 6.45) is 6.20. The van der Waals surface area contributed by atoms with Gasteiger partial charge in [0.15, 0.2) is 23.1 Å². The van der Waals surface area contributed by atoms with Gasteiger partial charge in [-0.25, -0.2) is 0 Å². The second-order valence-electron chi connectivity index (χ2n) is 11.8. The number of carbonyl (C=O) groups is 5. The van der Waals surface area contributed by atoms with Gasteiger partial charge in [0.2, 0.25) is 0 Å². The second kappa shape index (κ2) is 20.1. The van der Waals surface area contributed by atoms with Crippen LogP contribution in [0.15, 0.2) is 72.8 Å². The maximum atomic E-state index is 12.1. The lowest BCUT2D eigenvalue weighted by Gasteiger charge is -2.13. The summed E-state index contributed by atoms with van der Waals surface area (Å²) in [5.74, 6) is -0.377. The van der Waals surface area contributed by atoms with Gasteiger partial charge in [0.25, 0.3) is 5.97 Å². The number of carbonyl (C=O) groups excluding carboxylic acids is 4. The van der Waals surface area contributed by atoms with Gasteiger partial charge in [-0.15, -0.1) is 0 Å². The van der Waals surface area contributed by atoms with Gasteiger partial charge in [0, 0.05) is 57.4 Å². The molecule has 0 amide bonds. The van der Waals surface area contributed by atoms with E-state index < -0.39 is 5.97 Å². The van der Waals surface area contributed by atoms with Crippen LogP contribution in [0.25, 0.3) is 22.3 Å². The predicted molar refractivity (Wildman–Crippen MR) is 215 cm³/mol. The van der Waals surface area contributed by atoms with Gasteiger partial charge in [-0.3, -0.25) is 24.0 Å². The highest BCUT2D eigenvalue weighted by molar-refractivity contribution is 9.93. The summed E-state index contributed by atoms with van der Waals surface area (Å²) in [5.41, 5.74) is 12.8. The van der Waals surface area contributed by atoms with Crippen LogP contribution in [0, 0.1) is 0 Å². The molecule has 262 valence electrons. The number of hydrogen-bond acceptors (Lipinski definition) is 5. The number of Topliss-reactive ketones (excluding diaryl/α,β-unsaturated/α-hetero) is 4. The van der Waals surface area contributed by atoms with E-state index in [9.17, 15) is 19.2 Å². The van der Waals surface area contributed by atoms with Crippen LogP contribution in [-0.2, 0) is 30.5 Å². The van der Waals surface area contributed by atoms with Crippen LogP contribution in [0.4, 0.5) is 0 Å². The molecule has 0 radical (unpaired) electrons. The molecule has 6 nitrogen and oxygen atoms in total. The average molecular weight is 934 g/mol. The topological polar surface area (TPSA) is 106 Å². The standard InChI is InChI=1S/C19H16Br2O2.C19H18O2.C2H4O2.Br2/c20-10-18(22)13-6-4-12(5-7-13)14-8-9-17(19(23)11-21)16-3-1-2-15(14)16;1-12(20)14-6-8-15(9-7-14)17-11-10-16(13(2)21)18-4-3-5-19(17)18;1-2(3)4;1-2/h4-9H,1-3,10-11H2;6-11H,3-5H2,1-2H3;1H3,(H,3,4);. The van der Waals surface area contributed by atoms with Crippen molar-refractivity contribution in [2.24, 2.45) is 0 Å². The summed E-state index contributed by atoms with van der Waals surface area (Å²) in [7, 11) is 0. The Kier molecular flexibility index (Phi) is 16.6. The third kappa shape index (κ3) is 10.5. The number of aliphatic carboxylic acids is 1. The normalized spacial score (nSPS) is 12.1. The molecule has 0 fully saturated rings. The van der Waals surface area contributed by atoms with Gasteiger partial charge in [-0.2, -0.15) is 0 Å². The maximum absolute atomic E-state index is 12.1. The highest BCUT2D eigenvalue weighted by Crippen LogP contribution is 2.36. The molecule has 0 atom stereocenters. The molecule has 0 saturated heterocycles. The van der Waals surface area contributed by atoms with Gasteiger partial charge in [0.05, 0.1) is 10.7 Å². The van der Waals surface area contributed by atoms with Crippen molar-refractivity contribution in [1.82, 2.24) is 0 Å². The number of halogens is 4. The molecule has 4 aromatic rings. The lowest BCUT2D eigenvalue weighted by atomic mass is 9.92. The monoisotopic (exact) mass is 930 g/mol. The maximum Gasteiger partial charge on any atom is 0.300 e. The number of alkyl halides is 2. The van der Waals surface area contributed by atoms with Crippen LogP contribution in [-0.4, -0.2) is 44.9 Å². The minimum atomic E-state index is -0.833. The quantitative estimate of drug-likeness (QED) is 0.139. The molecule has 0 aliphatic heterocycles. The first-order chi connectivity index (χ1) is 24.0. The van der Waals surface area contributed by atoms with Crippen molar-refractivity contribution in [3.05, 3.63) is 117 Å². The van der Waals surface area contributed by atoms with Crippen molar-refractivity contribution in [1.29, 1.82) is 0 Å². The van der Waals surface area contributed by atoms with Crippen molar-refractivity contribution in [2.45, 2.75) is 59.3 Å². The van der Waals surface area contributed by atoms with Crippen LogP contribution in [0.3, 0.4) is 0 Å². The largest absolute Gasteiger partial charge is 0.481 e. The van der Waals surface area contributed by atoms with Crippen LogP contribution < -0.4 is 0 Å². The first kappa shape index (κ1) is 41.4. The minimum absolute atomic E-state index is 0.0821. The molecule has 10 heteroatoms. The zero-order chi connectivity index (χ0) is 37.0. The van der Waals surface area contributed by atoms with Crippen molar-refractivity contribution >= 4 is 89.2 Å². The minimum Gasteiger partial charge on any atom is -0.481 e. The van der Waals surface area contributed by atoms with E-state index in [-0.39, 0.29) is 23.1 Å². The zero-order valence-corrected chi connectivity index (χ0v) is 34.4. The number of fused-ring (bicyclic) bond motifs is 2. The van der Waals surface area contributed by atoms with Gasteiger partial charge >= 0.3 is 0 Å². The van der Waals surface area contributed by atoms with Crippen molar-refractivity contribution in [2.75, 3.05) is 10.7 Å². The van der Waals surface area contributed by atoms with E-state index in [1.54, 1.807) is 13.8 Å². The van der Waals surface area contributed by atoms with E-state index in [2.05, 4.69) is 60.1 Å². The van der Waals surface area contributed by atoms with E-state index >= 15 is 0 Å². The molecule has 0 unspecified atom stereocenters. The molecule has 6 rings (SSSR count). The first-order valence-corrected chi connectivity index (χ1v) is 22.0. The Balaban J connectivity index is 0.000000235.